The van der Waals surface area contributed by atoms with Gasteiger partial charge >= 0.3 is 0 Å². The van der Waals surface area contributed by atoms with Gasteiger partial charge in [-0.15, -0.1) is 0 Å². The summed E-state index contributed by atoms with van der Waals surface area (Å²) < 4.78 is 2.19. The van der Waals surface area contributed by atoms with Crippen molar-refractivity contribution in [1.29, 1.82) is 5.26 Å². The maximum Gasteiger partial charge on any atom is 0.116 e. The normalized spacial score (nSPS) is 12.0. The van der Waals surface area contributed by atoms with Gasteiger partial charge in [-0.05, 0) is 30.7 Å². The van der Waals surface area contributed by atoms with Gasteiger partial charge in [0.05, 0.1) is 34.4 Å². The lowest BCUT2D eigenvalue weighted by molar-refractivity contribution is 0.625. The summed E-state index contributed by atoms with van der Waals surface area (Å²) in [5.41, 5.74) is 4.52. The van der Waals surface area contributed by atoms with Gasteiger partial charge in [0.25, 0.3) is 0 Å². The van der Waals surface area contributed by atoms with Gasteiger partial charge in [0.1, 0.15) is 5.82 Å². The Labute approximate surface area is 151 Å². The van der Waals surface area contributed by atoms with Crippen LogP contribution in [0.3, 0.4) is 0 Å². The number of hydrogen-bond donors (Lipinski definition) is 0. The molecular formula is C21H17N5. The van der Waals surface area contributed by atoms with Crippen molar-refractivity contribution >= 4 is 11.0 Å². The van der Waals surface area contributed by atoms with E-state index >= 15 is 0 Å². The van der Waals surface area contributed by atoms with Gasteiger partial charge in [-0.25, -0.2) is 4.98 Å². The number of fused-ring (bicyclic) bond motifs is 1. The Morgan fingerprint density at radius 2 is 1.96 bits per heavy atom. The van der Waals surface area contributed by atoms with Crippen LogP contribution in [0.5, 0.6) is 0 Å². The molecule has 126 valence electrons. The summed E-state index contributed by atoms with van der Waals surface area (Å²) in [7, 11) is 0. The zero-order chi connectivity index (χ0) is 17.9. The van der Waals surface area contributed by atoms with Crippen molar-refractivity contribution < 1.29 is 0 Å². The highest BCUT2D eigenvalue weighted by Gasteiger charge is 2.18. The Morgan fingerprint density at radius 3 is 2.69 bits per heavy atom. The van der Waals surface area contributed by atoms with Crippen molar-refractivity contribution in [3.63, 3.8) is 0 Å². The molecule has 0 fully saturated rings. The molecule has 26 heavy (non-hydrogen) atoms. The number of benzene rings is 2. The van der Waals surface area contributed by atoms with E-state index in [-0.39, 0.29) is 6.04 Å². The number of imidazole rings is 1. The fraction of sp³-hybridized carbons (Fsp3) is 0.143. The van der Waals surface area contributed by atoms with Crippen molar-refractivity contribution in [2.75, 3.05) is 0 Å². The average molecular weight is 339 g/mol. The molecule has 0 radical (unpaired) electrons. The molecule has 1 atom stereocenters. The second-order valence-electron chi connectivity index (χ2n) is 6.17. The zero-order valence-corrected chi connectivity index (χ0v) is 14.4. The highest BCUT2D eigenvalue weighted by molar-refractivity contribution is 5.78. The second kappa shape index (κ2) is 6.77. The van der Waals surface area contributed by atoms with Crippen LogP contribution in [-0.4, -0.2) is 19.5 Å². The number of hydrogen-bond acceptors (Lipinski definition) is 4. The van der Waals surface area contributed by atoms with Crippen LogP contribution >= 0.6 is 0 Å². The van der Waals surface area contributed by atoms with Crippen LogP contribution in [-0.2, 0) is 6.42 Å². The van der Waals surface area contributed by atoms with E-state index < -0.39 is 0 Å². The minimum Gasteiger partial charge on any atom is -0.320 e. The molecule has 2 aromatic heterocycles. The van der Waals surface area contributed by atoms with Crippen LogP contribution in [0.4, 0.5) is 0 Å². The average Bonchev–Trinajstić information content (AvgIpc) is 3.05. The van der Waals surface area contributed by atoms with Gasteiger partial charge in [-0.1, -0.05) is 30.3 Å². The maximum atomic E-state index is 9.29. The van der Waals surface area contributed by atoms with Crippen molar-refractivity contribution in [3.05, 3.63) is 89.8 Å². The number of rotatable bonds is 4. The first-order valence-electron chi connectivity index (χ1n) is 8.47. The second-order valence-corrected chi connectivity index (χ2v) is 6.17. The van der Waals surface area contributed by atoms with Crippen LogP contribution in [0.1, 0.15) is 35.6 Å². The highest BCUT2D eigenvalue weighted by atomic mass is 15.1. The van der Waals surface area contributed by atoms with Crippen LogP contribution in [0.2, 0.25) is 0 Å². The van der Waals surface area contributed by atoms with Crippen molar-refractivity contribution in [2.24, 2.45) is 0 Å². The Balaban J connectivity index is 1.89. The lowest BCUT2D eigenvalue weighted by Crippen LogP contribution is -2.11. The molecular weight excluding hydrogens is 322 g/mol. The number of nitrogens with zero attached hydrogens (tertiary/aromatic N) is 5. The third kappa shape index (κ3) is 2.93. The van der Waals surface area contributed by atoms with Gasteiger partial charge in [-0.2, -0.15) is 5.26 Å². The van der Waals surface area contributed by atoms with Gasteiger partial charge in [0.2, 0.25) is 0 Å². The summed E-state index contributed by atoms with van der Waals surface area (Å²) in [6, 6.07) is 18.2. The Morgan fingerprint density at radius 1 is 1.12 bits per heavy atom. The number of nitriles is 1. The van der Waals surface area contributed by atoms with E-state index in [4.69, 9.17) is 4.98 Å². The van der Waals surface area contributed by atoms with Gasteiger partial charge in [-0.3, -0.25) is 9.97 Å². The maximum absolute atomic E-state index is 9.29. The van der Waals surface area contributed by atoms with Crippen molar-refractivity contribution in [3.8, 4) is 6.07 Å². The molecule has 0 unspecified atom stereocenters. The molecule has 5 heteroatoms. The topological polar surface area (TPSA) is 67.4 Å². The molecule has 0 aliphatic rings. The molecule has 4 aromatic rings. The van der Waals surface area contributed by atoms with Crippen molar-refractivity contribution in [1.82, 2.24) is 19.5 Å². The first kappa shape index (κ1) is 16.0. The SMILES string of the molecule is C[C@H](c1ccccc1)n1c(Cc2cnccn2)nc2ccc(C#N)cc21. The fourth-order valence-corrected chi connectivity index (χ4v) is 3.23. The summed E-state index contributed by atoms with van der Waals surface area (Å²) >= 11 is 0. The van der Waals surface area contributed by atoms with E-state index in [0.717, 1.165) is 22.6 Å². The van der Waals surface area contributed by atoms with Crippen molar-refractivity contribution in [2.45, 2.75) is 19.4 Å². The first-order valence-corrected chi connectivity index (χ1v) is 8.47. The molecule has 2 heterocycles. The monoisotopic (exact) mass is 339 g/mol. The van der Waals surface area contributed by atoms with Crippen LogP contribution in [0.15, 0.2) is 67.1 Å². The van der Waals surface area contributed by atoms with E-state index in [9.17, 15) is 5.26 Å². The molecule has 0 amide bonds. The lowest BCUT2D eigenvalue weighted by Gasteiger charge is -2.18. The lowest BCUT2D eigenvalue weighted by atomic mass is 10.1. The third-order valence-corrected chi connectivity index (χ3v) is 4.52. The Kier molecular flexibility index (Phi) is 4.16. The Hall–Kier alpha value is -3.52. The molecule has 0 aliphatic carbocycles. The predicted octanol–water partition coefficient (Wildman–Crippen LogP) is 3.90. The van der Waals surface area contributed by atoms with Gasteiger partial charge in [0, 0.05) is 25.0 Å². The van der Waals surface area contributed by atoms with Crippen LogP contribution in [0.25, 0.3) is 11.0 Å². The molecule has 5 nitrogen and oxygen atoms in total. The standard InChI is InChI=1S/C21H17N5/c1-15(17-5-3-2-4-6-17)26-20-11-16(13-22)7-8-19(20)25-21(26)12-18-14-23-9-10-24-18/h2-11,14-15H,12H2,1H3/t15-/m1/s1. The third-order valence-electron chi connectivity index (χ3n) is 4.52. The molecule has 0 saturated carbocycles. The largest absolute Gasteiger partial charge is 0.320 e. The predicted molar refractivity (Wildman–Crippen MR) is 99.5 cm³/mol. The van der Waals surface area contributed by atoms with E-state index in [2.05, 4.69) is 39.7 Å². The molecule has 0 aliphatic heterocycles. The number of aromatic nitrogens is 4. The van der Waals surface area contributed by atoms with E-state index in [1.165, 1.54) is 5.56 Å². The molecule has 0 spiro atoms. The molecule has 2 aromatic carbocycles. The quantitative estimate of drug-likeness (QED) is 0.565. The van der Waals surface area contributed by atoms with Gasteiger partial charge < -0.3 is 4.57 Å². The molecule has 4 rings (SSSR count). The van der Waals surface area contributed by atoms with E-state index in [0.29, 0.717) is 12.0 Å². The smallest absolute Gasteiger partial charge is 0.116 e. The highest BCUT2D eigenvalue weighted by Crippen LogP contribution is 2.27. The van der Waals surface area contributed by atoms with E-state index in [1.807, 2.05) is 30.3 Å². The zero-order valence-electron chi connectivity index (χ0n) is 14.4. The summed E-state index contributed by atoms with van der Waals surface area (Å²) in [6.07, 6.45) is 5.70. The first-order chi connectivity index (χ1) is 12.8. The minimum atomic E-state index is 0.0850. The van der Waals surface area contributed by atoms with Crippen LogP contribution < -0.4 is 0 Å². The van der Waals surface area contributed by atoms with E-state index in [1.54, 1.807) is 24.7 Å². The molecule has 0 N–H and O–H groups in total. The fourth-order valence-electron chi connectivity index (χ4n) is 3.23. The summed E-state index contributed by atoms with van der Waals surface area (Å²) in [5, 5.41) is 9.29. The summed E-state index contributed by atoms with van der Waals surface area (Å²) in [6.45, 7) is 2.15. The van der Waals surface area contributed by atoms with Gasteiger partial charge in [0.15, 0.2) is 0 Å². The summed E-state index contributed by atoms with van der Waals surface area (Å²) in [5.74, 6) is 0.909. The molecule has 0 bridgehead atoms. The van der Waals surface area contributed by atoms with Crippen LogP contribution in [0, 0.1) is 11.3 Å². The Bertz CT molecular complexity index is 1080. The minimum absolute atomic E-state index is 0.0850. The molecule has 0 saturated heterocycles. The summed E-state index contributed by atoms with van der Waals surface area (Å²) in [4.78, 5) is 13.4.